The Morgan fingerprint density at radius 3 is 2.57 bits per heavy atom. The van der Waals surface area contributed by atoms with Gasteiger partial charge in [-0.15, -0.1) is 22.7 Å². The van der Waals surface area contributed by atoms with E-state index < -0.39 is 5.97 Å². The van der Waals surface area contributed by atoms with Crippen LogP contribution in [0.15, 0.2) is 36.4 Å². The fraction of sp³-hybridized carbons (Fsp3) is 0.429. The molecule has 2 aliphatic rings. The fourth-order valence-electron chi connectivity index (χ4n) is 7.05. The number of carboxylic acid groups (broad SMARTS) is 1. The molecule has 46 heavy (non-hydrogen) atoms. The number of hydrogen-bond donors (Lipinski definition) is 2. The lowest BCUT2D eigenvalue weighted by Gasteiger charge is -2.26. The zero-order valence-corrected chi connectivity index (χ0v) is 27.9. The summed E-state index contributed by atoms with van der Waals surface area (Å²) in [7, 11) is 0. The van der Waals surface area contributed by atoms with Crippen molar-refractivity contribution in [3.63, 3.8) is 0 Å². The molecule has 5 heterocycles. The first kappa shape index (κ1) is 31.0. The average molecular weight is 658 g/mol. The van der Waals surface area contributed by atoms with Crippen LogP contribution in [0.1, 0.15) is 64.0 Å². The van der Waals surface area contributed by atoms with Gasteiger partial charge < -0.3 is 19.7 Å². The van der Waals surface area contributed by atoms with E-state index in [0.29, 0.717) is 17.3 Å². The molecule has 2 N–H and O–H groups in total. The Balaban J connectivity index is 1.29. The number of benzene rings is 1. The van der Waals surface area contributed by atoms with Crippen molar-refractivity contribution in [1.29, 1.82) is 0 Å². The third-order valence-electron chi connectivity index (χ3n) is 9.25. The van der Waals surface area contributed by atoms with Crippen molar-refractivity contribution >= 4 is 55.7 Å². The Morgan fingerprint density at radius 2 is 1.83 bits per heavy atom. The second kappa shape index (κ2) is 13.2. The van der Waals surface area contributed by atoms with E-state index in [1.165, 1.54) is 23.3 Å². The summed E-state index contributed by atoms with van der Waals surface area (Å²) >= 11 is 3.00. The third kappa shape index (κ3) is 6.21. The minimum atomic E-state index is -0.933. The number of fused-ring (bicyclic) bond motifs is 2. The molecule has 1 aromatic carbocycles. The maximum Gasteiger partial charge on any atom is 0.345 e. The van der Waals surface area contributed by atoms with Crippen LogP contribution in [0.4, 0.5) is 0 Å². The summed E-state index contributed by atoms with van der Waals surface area (Å²) in [4.78, 5) is 38.9. The largest absolute Gasteiger partial charge is 0.477 e. The molecule has 1 aliphatic heterocycles. The summed E-state index contributed by atoms with van der Waals surface area (Å²) in [5.41, 5.74) is 6.87. The number of amides is 1. The smallest absolute Gasteiger partial charge is 0.345 e. The second-order valence-corrected chi connectivity index (χ2v) is 14.6. The summed E-state index contributed by atoms with van der Waals surface area (Å²) < 4.78 is 8.51. The number of thiazole rings is 1. The lowest BCUT2D eigenvalue weighted by atomic mass is 9.83. The van der Waals surface area contributed by atoms with E-state index in [2.05, 4.69) is 50.1 Å². The van der Waals surface area contributed by atoms with Gasteiger partial charge in [-0.2, -0.15) is 0 Å². The number of pyridine rings is 1. The molecular formula is C35H39N5O4S2. The molecule has 0 unspecified atom stereocenters. The van der Waals surface area contributed by atoms with Crippen LogP contribution in [0.5, 0.6) is 0 Å². The molecule has 0 bridgehead atoms. The number of aromatic carboxylic acids is 1. The molecule has 0 atom stereocenters. The first-order valence-corrected chi connectivity index (χ1v) is 17.8. The molecule has 11 heteroatoms. The molecule has 0 radical (unpaired) electrons. The summed E-state index contributed by atoms with van der Waals surface area (Å²) in [6.45, 7) is 8.68. The van der Waals surface area contributed by atoms with Crippen molar-refractivity contribution in [2.75, 3.05) is 39.4 Å². The SMILES string of the molecule is Cc1nc(C)c(-c2ccc3cc(-c4c(C5CCCCC5)c5sc(C(=O)O)cc5n4CC(=O)NCCN4CCOCC4)ccc3n2)s1. The normalized spacial score (nSPS) is 16.4. The van der Waals surface area contributed by atoms with E-state index in [4.69, 9.17) is 9.72 Å². The van der Waals surface area contributed by atoms with Gasteiger partial charge in [0, 0.05) is 31.6 Å². The van der Waals surface area contributed by atoms with Gasteiger partial charge in [0.15, 0.2) is 0 Å². The van der Waals surface area contributed by atoms with Crippen molar-refractivity contribution in [2.24, 2.45) is 0 Å². The van der Waals surface area contributed by atoms with E-state index in [0.717, 1.165) is 112 Å². The molecular weight excluding hydrogens is 619 g/mol. The molecule has 1 amide bonds. The molecule has 5 aromatic rings. The quantitative estimate of drug-likeness (QED) is 0.178. The van der Waals surface area contributed by atoms with Gasteiger partial charge in [-0.1, -0.05) is 31.4 Å². The monoisotopic (exact) mass is 657 g/mol. The number of aromatic nitrogens is 3. The molecule has 9 nitrogen and oxygen atoms in total. The van der Waals surface area contributed by atoms with Crippen molar-refractivity contribution in [3.05, 3.63) is 57.5 Å². The van der Waals surface area contributed by atoms with Crippen molar-refractivity contribution in [3.8, 4) is 21.8 Å². The summed E-state index contributed by atoms with van der Waals surface area (Å²) in [5, 5.41) is 15.1. The lowest BCUT2D eigenvalue weighted by molar-refractivity contribution is -0.121. The molecule has 1 saturated carbocycles. The Labute approximate surface area is 276 Å². The van der Waals surface area contributed by atoms with Crippen LogP contribution >= 0.6 is 22.7 Å². The molecule has 1 saturated heterocycles. The van der Waals surface area contributed by atoms with Gasteiger partial charge in [-0.3, -0.25) is 9.69 Å². The molecule has 2 fully saturated rings. The summed E-state index contributed by atoms with van der Waals surface area (Å²) in [6.07, 6.45) is 5.64. The minimum Gasteiger partial charge on any atom is -0.477 e. The first-order chi connectivity index (χ1) is 22.4. The number of morpholine rings is 1. The van der Waals surface area contributed by atoms with Gasteiger partial charge >= 0.3 is 5.97 Å². The van der Waals surface area contributed by atoms with Gasteiger partial charge in [0.25, 0.3) is 0 Å². The number of carbonyl (C=O) groups is 2. The van der Waals surface area contributed by atoms with Crippen molar-refractivity contribution in [1.82, 2.24) is 24.8 Å². The van der Waals surface area contributed by atoms with Crippen molar-refractivity contribution in [2.45, 2.75) is 58.4 Å². The maximum atomic E-state index is 13.5. The van der Waals surface area contributed by atoms with Gasteiger partial charge in [0.05, 0.1) is 55.9 Å². The highest BCUT2D eigenvalue weighted by atomic mass is 32.1. The predicted octanol–water partition coefficient (Wildman–Crippen LogP) is 6.85. The van der Waals surface area contributed by atoms with Crippen LogP contribution in [0, 0.1) is 13.8 Å². The molecule has 1 aliphatic carbocycles. The zero-order valence-electron chi connectivity index (χ0n) is 26.3. The number of carbonyl (C=O) groups excluding carboxylic acids is 1. The summed E-state index contributed by atoms with van der Waals surface area (Å²) in [6, 6.07) is 12.3. The van der Waals surface area contributed by atoms with Crippen LogP contribution < -0.4 is 5.32 Å². The van der Waals surface area contributed by atoms with Gasteiger partial charge in [-0.25, -0.2) is 14.8 Å². The Bertz CT molecular complexity index is 1910. The van der Waals surface area contributed by atoms with E-state index >= 15 is 0 Å². The van der Waals surface area contributed by atoms with Gasteiger partial charge in [0.1, 0.15) is 11.4 Å². The molecule has 4 aromatic heterocycles. The van der Waals surface area contributed by atoms with Crippen molar-refractivity contribution < 1.29 is 19.4 Å². The third-order valence-corrected chi connectivity index (χ3v) is 11.5. The van der Waals surface area contributed by atoms with Crippen LogP contribution in [0.3, 0.4) is 0 Å². The van der Waals surface area contributed by atoms with E-state index in [9.17, 15) is 14.7 Å². The summed E-state index contributed by atoms with van der Waals surface area (Å²) in [5.74, 6) is -0.698. The number of rotatable bonds is 9. The number of carboxylic acids is 1. The van der Waals surface area contributed by atoms with Crippen LogP contribution in [0.25, 0.3) is 42.9 Å². The highest BCUT2D eigenvalue weighted by Gasteiger charge is 2.30. The minimum absolute atomic E-state index is 0.0769. The second-order valence-electron chi connectivity index (χ2n) is 12.4. The van der Waals surface area contributed by atoms with Crippen LogP contribution in [0.2, 0.25) is 0 Å². The maximum absolute atomic E-state index is 13.5. The average Bonchev–Trinajstić information content (AvgIpc) is 3.73. The number of nitrogens with zero attached hydrogens (tertiary/aromatic N) is 4. The van der Waals surface area contributed by atoms with Crippen LogP contribution in [-0.2, 0) is 16.1 Å². The van der Waals surface area contributed by atoms with Crippen LogP contribution in [-0.4, -0.2) is 75.8 Å². The molecule has 0 spiro atoms. The number of hydrogen-bond acceptors (Lipinski definition) is 8. The van der Waals surface area contributed by atoms with E-state index in [1.54, 1.807) is 17.4 Å². The topological polar surface area (TPSA) is 110 Å². The van der Waals surface area contributed by atoms with Gasteiger partial charge in [0.2, 0.25) is 5.91 Å². The highest BCUT2D eigenvalue weighted by molar-refractivity contribution is 7.21. The standard InChI is InChI=1S/C35H39N5O4S2/c1-21-33(45-22(2)37-21)27-11-8-24-18-25(9-10-26(24)38-27)32-31(23-6-4-3-5-7-23)34-28(19-29(46-34)35(42)43)40(32)20-30(41)36-12-13-39-14-16-44-17-15-39/h8-11,18-19,23H,3-7,12-17,20H2,1-2H3,(H,36,41)(H,42,43). The zero-order chi connectivity index (χ0) is 31.8. The van der Waals surface area contributed by atoms with E-state index in [1.807, 2.05) is 13.8 Å². The number of thiophene rings is 1. The molecule has 7 rings (SSSR count). The number of nitrogens with one attached hydrogen (secondary N) is 1. The first-order valence-electron chi connectivity index (χ1n) is 16.2. The highest BCUT2D eigenvalue weighted by Crippen LogP contribution is 2.47. The number of aryl methyl sites for hydroxylation is 2. The Kier molecular flexibility index (Phi) is 8.91. The fourth-order valence-corrected chi connectivity index (χ4v) is 9.06. The number of ether oxygens (including phenoxy) is 1. The van der Waals surface area contributed by atoms with Gasteiger partial charge in [-0.05, 0) is 68.0 Å². The predicted molar refractivity (Wildman–Crippen MR) is 184 cm³/mol. The Hall–Kier alpha value is -3.64. The molecule has 240 valence electrons. The Morgan fingerprint density at radius 1 is 1.02 bits per heavy atom. The van der Waals surface area contributed by atoms with E-state index in [-0.39, 0.29) is 12.5 Å². The lowest BCUT2D eigenvalue weighted by Crippen LogP contribution is -2.41.